The average Bonchev–Trinajstić information content (AvgIpc) is 2.20. The van der Waals surface area contributed by atoms with Gasteiger partial charge in [-0.2, -0.15) is 0 Å². The van der Waals surface area contributed by atoms with E-state index in [2.05, 4.69) is 4.98 Å². The monoisotopic (exact) mass is 210 g/mol. The fourth-order valence-corrected chi connectivity index (χ4v) is 1.40. The summed E-state index contributed by atoms with van der Waals surface area (Å²) in [6.07, 6.45) is 2.41. The Balaban J connectivity index is 3.28. The Morgan fingerprint density at radius 2 is 2.07 bits per heavy atom. The zero-order valence-corrected chi connectivity index (χ0v) is 9.69. The number of nitrogens with zero attached hydrogens (tertiary/aromatic N) is 2. The van der Waals surface area contributed by atoms with Gasteiger partial charge in [-0.1, -0.05) is 27.7 Å². The van der Waals surface area contributed by atoms with Gasteiger partial charge in [-0.3, -0.25) is 9.78 Å². The molecule has 0 saturated heterocycles. The maximum absolute atomic E-state index is 11.7. The number of hydrogen-bond acceptors (Lipinski definition) is 3. The summed E-state index contributed by atoms with van der Waals surface area (Å²) in [6, 6.07) is 0. The summed E-state index contributed by atoms with van der Waals surface area (Å²) in [7, 11) is 0. The minimum Gasteiger partial charge on any atom is -0.425 e. The second-order valence-corrected chi connectivity index (χ2v) is 4.15. The summed E-state index contributed by atoms with van der Waals surface area (Å²) in [5, 5.41) is 9.66. The zero-order chi connectivity index (χ0) is 11.6. The van der Waals surface area contributed by atoms with E-state index in [1.807, 2.05) is 27.7 Å². The van der Waals surface area contributed by atoms with E-state index in [-0.39, 0.29) is 11.8 Å². The van der Waals surface area contributed by atoms with Gasteiger partial charge in [-0.05, 0) is 12.3 Å². The second-order valence-electron chi connectivity index (χ2n) is 4.15. The van der Waals surface area contributed by atoms with Crippen molar-refractivity contribution in [1.29, 1.82) is 0 Å². The molecule has 4 heteroatoms. The van der Waals surface area contributed by atoms with E-state index in [0.29, 0.717) is 11.4 Å². The van der Waals surface area contributed by atoms with Crippen molar-refractivity contribution < 1.29 is 5.21 Å². The molecule has 1 N–H and O–H groups in total. The molecule has 1 heterocycles. The van der Waals surface area contributed by atoms with Crippen LogP contribution in [0, 0.1) is 0 Å². The Labute approximate surface area is 89.5 Å². The van der Waals surface area contributed by atoms with E-state index in [4.69, 9.17) is 0 Å². The van der Waals surface area contributed by atoms with Crippen LogP contribution in [0.15, 0.2) is 11.0 Å². The maximum atomic E-state index is 11.7. The van der Waals surface area contributed by atoms with Crippen LogP contribution in [-0.2, 0) is 0 Å². The van der Waals surface area contributed by atoms with Gasteiger partial charge < -0.3 is 5.21 Å². The van der Waals surface area contributed by atoms with Crippen LogP contribution in [0.5, 0.6) is 0 Å². The number of rotatable bonds is 3. The van der Waals surface area contributed by atoms with Crippen molar-refractivity contribution in [1.82, 2.24) is 9.71 Å². The molecule has 0 saturated carbocycles. The Kier molecular flexibility index (Phi) is 3.50. The Morgan fingerprint density at radius 1 is 1.47 bits per heavy atom. The highest BCUT2D eigenvalue weighted by molar-refractivity contribution is 5.10. The molecule has 0 amide bonds. The predicted octanol–water partition coefficient (Wildman–Crippen LogP) is 2.12. The molecular weight excluding hydrogens is 192 g/mol. The molecule has 0 spiro atoms. The number of hydrogen-bond donors (Lipinski definition) is 1. The Morgan fingerprint density at radius 3 is 2.53 bits per heavy atom. The molecule has 4 nitrogen and oxygen atoms in total. The topological polar surface area (TPSA) is 55.1 Å². The van der Waals surface area contributed by atoms with Gasteiger partial charge in [0.15, 0.2) is 0 Å². The van der Waals surface area contributed by atoms with Crippen LogP contribution in [0.1, 0.15) is 57.3 Å². The van der Waals surface area contributed by atoms with E-state index in [1.54, 1.807) is 6.20 Å². The highest BCUT2D eigenvalue weighted by Gasteiger charge is 2.15. The summed E-state index contributed by atoms with van der Waals surface area (Å²) in [5.74, 6) is 0.165. The molecule has 1 rings (SSSR count). The smallest absolute Gasteiger partial charge is 0.305 e. The van der Waals surface area contributed by atoms with Gasteiger partial charge in [0.1, 0.15) is 5.69 Å². The van der Waals surface area contributed by atoms with Gasteiger partial charge in [0.05, 0.1) is 11.9 Å². The third-order valence-electron chi connectivity index (χ3n) is 2.66. The summed E-state index contributed by atoms with van der Waals surface area (Å²) in [4.78, 5) is 15.9. The summed E-state index contributed by atoms with van der Waals surface area (Å²) < 4.78 is 0.721. The third kappa shape index (κ3) is 2.19. The summed E-state index contributed by atoms with van der Waals surface area (Å²) in [6.45, 7) is 7.74. The van der Waals surface area contributed by atoms with Gasteiger partial charge in [0.25, 0.3) is 0 Å². The molecule has 1 aromatic rings. The molecule has 15 heavy (non-hydrogen) atoms. The summed E-state index contributed by atoms with van der Waals surface area (Å²) in [5.41, 5.74) is 0.590. The quantitative estimate of drug-likeness (QED) is 0.777. The van der Waals surface area contributed by atoms with Crippen molar-refractivity contribution >= 4 is 0 Å². The first-order valence-electron chi connectivity index (χ1n) is 5.30. The van der Waals surface area contributed by atoms with Gasteiger partial charge >= 0.3 is 5.56 Å². The SMILES string of the molecule is CCC(C)c1ncc(C(C)C)n(O)c1=O. The third-order valence-corrected chi connectivity index (χ3v) is 2.66. The van der Waals surface area contributed by atoms with Gasteiger partial charge in [-0.25, -0.2) is 0 Å². The molecule has 0 aliphatic heterocycles. The highest BCUT2D eigenvalue weighted by Crippen LogP contribution is 2.15. The van der Waals surface area contributed by atoms with Crippen molar-refractivity contribution in [3.63, 3.8) is 0 Å². The lowest BCUT2D eigenvalue weighted by molar-refractivity contribution is 0.159. The first-order valence-corrected chi connectivity index (χ1v) is 5.30. The molecule has 1 atom stereocenters. The molecule has 0 aromatic carbocycles. The molecule has 0 bridgehead atoms. The van der Waals surface area contributed by atoms with Crippen molar-refractivity contribution in [2.45, 2.75) is 46.0 Å². The molecule has 1 aromatic heterocycles. The normalized spacial score (nSPS) is 13.1. The first kappa shape index (κ1) is 11.8. The van der Waals surface area contributed by atoms with E-state index >= 15 is 0 Å². The standard InChI is InChI=1S/C11H18N2O2/c1-5-8(4)10-11(14)13(15)9(6-12-10)7(2)3/h6-8,15H,5H2,1-4H3. The summed E-state index contributed by atoms with van der Waals surface area (Å²) >= 11 is 0. The van der Waals surface area contributed by atoms with Crippen molar-refractivity contribution in [2.75, 3.05) is 0 Å². The Hall–Kier alpha value is -1.32. The van der Waals surface area contributed by atoms with Crippen molar-refractivity contribution in [3.8, 4) is 0 Å². The fraction of sp³-hybridized carbons (Fsp3) is 0.636. The number of aromatic nitrogens is 2. The van der Waals surface area contributed by atoms with Crippen molar-refractivity contribution in [3.05, 3.63) is 27.9 Å². The lowest BCUT2D eigenvalue weighted by atomic mass is 10.0. The fourth-order valence-electron chi connectivity index (χ4n) is 1.40. The largest absolute Gasteiger partial charge is 0.425 e. The van der Waals surface area contributed by atoms with Gasteiger partial charge in [0.2, 0.25) is 0 Å². The van der Waals surface area contributed by atoms with E-state index in [0.717, 1.165) is 11.2 Å². The van der Waals surface area contributed by atoms with Crippen LogP contribution in [0.2, 0.25) is 0 Å². The molecular formula is C11H18N2O2. The second kappa shape index (κ2) is 4.47. The van der Waals surface area contributed by atoms with Crippen molar-refractivity contribution in [2.24, 2.45) is 0 Å². The molecule has 0 aliphatic rings. The first-order chi connectivity index (χ1) is 6.99. The minimum absolute atomic E-state index is 0.0807. The van der Waals surface area contributed by atoms with Crippen LogP contribution in [-0.4, -0.2) is 14.9 Å². The minimum atomic E-state index is -0.393. The van der Waals surface area contributed by atoms with Crippen LogP contribution in [0.4, 0.5) is 0 Å². The molecule has 0 radical (unpaired) electrons. The van der Waals surface area contributed by atoms with E-state index in [1.165, 1.54) is 0 Å². The highest BCUT2D eigenvalue weighted by atomic mass is 16.5. The van der Waals surface area contributed by atoms with Crippen LogP contribution >= 0.6 is 0 Å². The molecule has 0 aliphatic carbocycles. The van der Waals surface area contributed by atoms with Gasteiger partial charge in [-0.15, -0.1) is 4.73 Å². The van der Waals surface area contributed by atoms with Crippen LogP contribution in [0.3, 0.4) is 0 Å². The van der Waals surface area contributed by atoms with Crippen LogP contribution in [0.25, 0.3) is 0 Å². The molecule has 0 fully saturated rings. The zero-order valence-electron chi connectivity index (χ0n) is 9.69. The predicted molar refractivity (Wildman–Crippen MR) is 58.5 cm³/mol. The van der Waals surface area contributed by atoms with Crippen LogP contribution < -0.4 is 5.56 Å². The lowest BCUT2D eigenvalue weighted by Gasteiger charge is -2.12. The molecule has 84 valence electrons. The lowest BCUT2D eigenvalue weighted by Crippen LogP contribution is -2.28. The van der Waals surface area contributed by atoms with E-state index in [9.17, 15) is 10.0 Å². The molecule has 1 unspecified atom stereocenters. The van der Waals surface area contributed by atoms with E-state index < -0.39 is 5.56 Å². The van der Waals surface area contributed by atoms with Gasteiger partial charge in [0, 0.05) is 5.92 Å². The Bertz CT molecular complexity index is 396. The average molecular weight is 210 g/mol. The maximum Gasteiger partial charge on any atom is 0.305 e.